The summed E-state index contributed by atoms with van der Waals surface area (Å²) < 4.78 is 4.65. The van der Waals surface area contributed by atoms with E-state index in [1.807, 2.05) is 0 Å². The first-order valence-corrected chi connectivity index (χ1v) is 6.34. The van der Waals surface area contributed by atoms with Crippen LogP contribution >= 0.6 is 0 Å². The molecule has 1 atom stereocenters. The lowest BCUT2D eigenvalue weighted by Crippen LogP contribution is -2.27. The average Bonchev–Trinajstić information content (AvgIpc) is 2.86. The highest BCUT2D eigenvalue weighted by molar-refractivity contribution is 6.05. The number of rotatable bonds is 4. The quantitative estimate of drug-likeness (QED) is 0.784. The second-order valence-electron chi connectivity index (χ2n) is 4.79. The number of carboxylic acids is 1. The Labute approximate surface area is 120 Å². The summed E-state index contributed by atoms with van der Waals surface area (Å²) >= 11 is 0. The molecule has 7 heteroatoms. The van der Waals surface area contributed by atoms with E-state index in [1.165, 1.54) is 30.2 Å². The van der Waals surface area contributed by atoms with Gasteiger partial charge >= 0.3 is 11.9 Å². The van der Waals surface area contributed by atoms with Crippen LogP contribution in [0.3, 0.4) is 0 Å². The topological polar surface area (TPSA) is 104 Å². The number of methoxy groups -OCH3 is 1. The van der Waals surface area contributed by atoms with Crippen LogP contribution in [0.2, 0.25) is 0 Å². The van der Waals surface area contributed by atoms with Crippen LogP contribution in [0.15, 0.2) is 18.2 Å². The summed E-state index contributed by atoms with van der Waals surface area (Å²) in [6.07, 6.45) is 0.161. The maximum Gasteiger partial charge on any atom is 0.339 e. The van der Waals surface area contributed by atoms with E-state index in [1.54, 1.807) is 0 Å². The minimum Gasteiger partial charge on any atom is -0.478 e. The molecule has 2 N–H and O–H groups in total. The van der Waals surface area contributed by atoms with E-state index in [-0.39, 0.29) is 48.2 Å². The van der Waals surface area contributed by atoms with Gasteiger partial charge in [-0.25, -0.2) is 9.59 Å². The van der Waals surface area contributed by atoms with E-state index >= 15 is 0 Å². The van der Waals surface area contributed by atoms with Gasteiger partial charge in [0.25, 0.3) is 0 Å². The van der Waals surface area contributed by atoms with Gasteiger partial charge in [0.05, 0.1) is 23.9 Å². The maximum absolute atomic E-state index is 12.0. The summed E-state index contributed by atoms with van der Waals surface area (Å²) in [6, 6.07) is 3.87. The maximum atomic E-state index is 12.0. The number of carbonyl (C=O) groups excluding carboxylic acids is 2. The Morgan fingerprint density at radius 2 is 2.14 bits per heavy atom. The molecule has 1 amide bonds. The van der Waals surface area contributed by atoms with E-state index in [9.17, 15) is 14.4 Å². The smallest absolute Gasteiger partial charge is 0.339 e. The van der Waals surface area contributed by atoms with Gasteiger partial charge in [0.15, 0.2) is 0 Å². The minimum atomic E-state index is -1.15. The van der Waals surface area contributed by atoms with E-state index in [4.69, 9.17) is 10.2 Å². The normalized spacial score (nSPS) is 17.9. The zero-order valence-electron chi connectivity index (χ0n) is 11.4. The van der Waals surface area contributed by atoms with Crippen LogP contribution in [0.4, 0.5) is 5.69 Å². The van der Waals surface area contributed by atoms with Gasteiger partial charge in [-0.05, 0) is 18.2 Å². The summed E-state index contributed by atoms with van der Waals surface area (Å²) in [7, 11) is 1.21. The molecule has 0 bridgehead atoms. The molecular weight excluding hydrogens is 278 g/mol. The van der Waals surface area contributed by atoms with Crippen LogP contribution in [0.25, 0.3) is 0 Å². The van der Waals surface area contributed by atoms with Gasteiger partial charge in [0.2, 0.25) is 5.91 Å². The van der Waals surface area contributed by atoms with Crippen molar-refractivity contribution in [3.05, 3.63) is 29.3 Å². The van der Waals surface area contributed by atoms with E-state index in [0.29, 0.717) is 0 Å². The fourth-order valence-corrected chi connectivity index (χ4v) is 2.31. The number of hydrogen-bond donors (Lipinski definition) is 2. The fourth-order valence-electron chi connectivity index (χ4n) is 2.31. The van der Waals surface area contributed by atoms with Crippen LogP contribution < -0.4 is 4.90 Å². The zero-order chi connectivity index (χ0) is 15.6. The van der Waals surface area contributed by atoms with Gasteiger partial charge in [-0.15, -0.1) is 0 Å². The predicted molar refractivity (Wildman–Crippen MR) is 72.3 cm³/mol. The summed E-state index contributed by atoms with van der Waals surface area (Å²) in [5, 5.41) is 18.2. The molecule has 0 spiro atoms. The minimum absolute atomic E-state index is 0.0297. The molecule has 7 nitrogen and oxygen atoms in total. The Hall–Kier alpha value is -2.41. The molecule has 0 aromatic heterocycles. The zero-order valence-corrected chi connectivity index (χ0v) is 11.4. The Morgan fingerprint density at radius 3 is 2.67 bits per heavy atom. The third-order valence-electron chi connectivity index (χ3n) is 3.40. The number of nitrogens with zero attached hydrogens (tertiary/aromatic N) is 1. The summed E-state index contributed by atoms with van der Waals surface area (Å²) in [6.45, 7) is 0.0941. The molecule has 0 radical (unpaired) electrons. The lowest BCUT2D eigenvalue weighted by molar-refractivity contribution is -0.117. The Morgan fingerprint density at radius 1 is 1.43 bits per heavy atom. The molecule has 1 aromatic carbocycles. The summed E-state index contributed by atoms with van der Waals surface area (Å²) in [5.41, 5.74) is 0.287. The van der Waals surface area contributed by atoms with Crippen LogP contribution in [0.1, 0.15) is 27.1 Å². The molecular formula is C14H15NO6. The molecule has 1 saturated heterocycles. The number of carboxylic acid groups (broad SMARTS) is 1. The van der Waals surface area contributed by atoms with Crippen molar-refractivity contribution < 1.29 is 29.3 Å². The number of anilines is 1. The molecule has 2 rings (SSSR count). The summed E-state index contributed by atoms with van der Waals surface area (Å²) in [5.74, 6) is -2.29. The van der Waals surface area contributed by atoms with Gasteiger partial charge in [-0.3, -0.25) is 4.79 Å². The van der Waals surface area contributed by atoms with Crippen LogP contribution in [-0.2, 0) is 9.53 Å². The first kappa shape index (κ1) is 15.0. The molecule has 1 heterocycles. The van der Waals surface area contributed by atoms with Gasteiger partial charge in [0.1, 0.15) is 0 Å². The molecule has 1 aliphatic rings. The lowest BCUT2D eigenvalue weighted by Gasteiger charge is -2.20. The van der Waals surface area contributed by atoms with Crippen molar-refractivity contribution in [2.45, 2.75) is 6.42 Å². The van der Waals surface area contributed by atoms with Crippen molar-refractivity contribution in [1.29, 1.82) is 0 Å². The number of hydrogen-bond acceptors (Lipinski definition) is 5. The van der Waals surface area contributed by atoms with Gasteiger partial charge in [-0.1, -0.05) is 0 Å². The molecule has 1 aliphatic heterocycles. The molecule has 1 aromatic rings. The highest BCUT2D eigenvalue weighted by atomic mass is 16.5. The number of carbonyl (C=O) groups is 3. The molecule has 1 unspecified atom stereocenters. The van der Waals surface area contributed by atoms with Crippen molar-refractivity contribution in [3.8, 4) is 0 Å². The molecule has 21 heavy (non-hydrogen) atoms. The van der Waals surface area contributed by atoms with Crippen molar-refractivity contribution in [2.24, 2.45) is 5.92 Å². The summed E-state index contributed by atoms with van der Waals surface area (Å²) in [4.78, 5) is 36.2. The first-order chi connectivity index (χ1) is 9.97. The largest absolute Gasteiger partial charge is 0.478 e. The third-order valence-corrected chi connectivity index (χ3v) is 3.40. The van der Waals surface area contributed by atoms with Gasteiger partial charge in [0, 0.05) is 25.5 Å². The van der Waals surface area contributed by atoms with E-state index < -0.39 is 11.9 Å². The van der Waals surface area contributed by atoms with Gasteiger partial charge < -0.3 is 19.8 Å². The number of esters is 1. The van der Waals surface area contributed by atoms with Crippen molar-refractivity contribution in [1.82, 2.24) is 0 Å². The molecule has 0 aliphatic carbocycles. The predicted octanol–water partition coefficient (Wildman–Crippen LogP) is 0.517. The highest BCUT2D eigenvalue weighted by Crippen LogP contribution is 2.29. The number of ether oxygens (including phenoxy) is 1. The van der Waals surface area contributed by atoms with E-state index in [0.717, 1.165) is 0 Å². The van der Waals surface area contributed by atoms with Crippen molar-refractivity contribution >= 4 is 23.5 Å². The van der Waals surface area contributed by atoms with Crippen molar-refractivity contribution in [3.63, 3.8) is 0 Å². The number of aliphatic hydroxyl groups is 1. The number of amides is 1. The van der Waals surface area contributed by atoms with Gasteiger partial charge in [-0.2, -0.15) is 0 Å². The highest BCUT2D eigenvalue weighted by Gasteiger charge is 2.33. The van der Waals surface area contributed by atoms with Crippen molar-refractivity contribution in [2.75, 3.05) is 25.2 Å². The molecule has 0 saturated carbocycles. The average molecular weight is 293 g/mol. The van der Waals surface area contributed by atoms with Crippen LogP contribution in [0.5, 0.6) is 0 Å². The molecule has 1 fully saturated rings. The molecule has 112 valence electrons. The Bertz CT molecular complexity index is 597. The SMILES string of the molecule is COC(=O)c1ccc(C(=O)O)cc1N1CC(CO)CC1=O. The second-order valence-corrected chi connectivity index (χ2v) is 4.79. The third kappa shape index (κ3) is 2.87. The second kappa shape index (κ2) is 5.92. The number of aromatic carboxylic acids is 1. The Balaban J connectivity index is 2.48. The number of benzene rings is 1. The lowest BCUT2D eigenvalue weighted by atomic mass is 10.1. The van der Waals surface area contributed by atoms with Crippen LogP contribution in [-0.4, -0.2) is 48.3 Å². The standard InChI is InChI=1S/C14H15NO6/c1-21-14(20)10-3-2-9(13(18)19)5-11(10)15-6-8(7-16)4-12(15)17/h2-3,5,8,16H,4,6-7H2,1H3,(H,18,19). The fraction of sp³-hybridized carbons (Fsp3) is 0.357. The first-order valence-electron chi connectivity index (χ1n) is 6.34. The Kier molecular flexibility index (Phi) is 4.23. The van der Waals surface area contributed by atoms with E-state index in [2.05, 4.69) is 4.74 Å². The number of aliphatic hydroxyl groups excluding tert-OH is 1. The van der Waals surface area contributed by atoms with Crippen LogP contribution in [0, 0.1) is 5.92 Å². The monoisotopic (exact) mass is 293 g/mol.